The summed E-state index contributed by atoms with van der Waals surface area (Å²) in [6.07, 6.45) is 0. The Bertz CT molecular complexity index is 569. The molecule has 0 fully saturated rings. The van der Waals surface area contributed by atoms with Gasteiger partial charge in [0.05, 0.1) is 0 Å². The highest BCUT2D eigenvalue weighted by Crippen LogP contribution is 2.18. The molecule has 19 heavy (non-hydrogen) atoms. The summed E-state index contributed by atoms with van der Waals surface area (Å²) in [4.78, 5) is 1.28. The summed E-state index contributed by atoms with van der Waals surface area (Å²) in [5, 5.41) is 17.5. The van der Waals surface area contributed by atoms with E-state index in [4.69, 9.17) is 22.5 Å². The van der Waals surface area contributed by atoms with Crippen LogP contribution in [0.1, 0.15) is 16.0 Å². The minimum absolute atomic E-state index is 0.0556. The van der Waals surface area contributed by atoms with E-state index in [-0.39, 0.29) is 5.84 Å². The van der Waals surface area contributed by atoms with E-state index in [9.17, 15) is 0 Å². The van der Waals surface area contributed by atoms with Gasteiger partial charge >= 0.3 is 0 Å². The Morgan fingerprint density at radius 2 is 2.21 bits per heavy atom. The Balaban J connectivity index is 1.97. The lowest BCUT2D eigenvalue weighted by Crippen LogP contribution is -2.15. The first-order valence-corrected chi connectivity index (χ1v) is 6.96. The monoisotopic (exact) mass is 295 g/mol. The van der Waals surface area contributed by atoms with Crippen LogP contribution in [-0.4, -0.2) is 11.0 Å². The second kappa shape index (κ2) is 6.56. The molecule has 0 amide bonds. The lowest BCUT2D eigenvalue weighted by molar-refractivity contribution is 0.318. The first-order chi connectivity index (χ1) is 9.20. The number of nitrogens with one attached hydrogen (secondary N) is 1. The van der Waals surface area contributed by atoms with Crippen molar-refractivity contribution in [2.24, 2.45) is 10.9 Å². The lowest BCUT2D eigenvalue weighted by Gasteiger charge is -2.07. The molecule has 0 spiro atoms. The molecule has 2 rings (SSSR count). The van der Waals surface area contributed by atoms with Gasteiger partial charge < -0.3 is 16.3 Å². The zero-order valence-corrected chi connectivity index (χ0v) is 11.7. The number of benzene rings is 1. The van der Waals surface area contributed by atoms with Gasteiger partial charge in [-0.05, 0) is 23.1 Å². The third kappa shape index (κ3) is 3.70. The first kappa shape index (κ1) is 13.9. The molecule has 0 aliphatic carbocycles. The van der Waals surface area contributed by atoms with Crippen molar-refractivity contribution in [1.29, 1.82) is 0 Å². The van der Waals surface area contributed by atoms with Gasteiger partial charge in [0.1, 0.15) is 0 Å². The molecule has 6 heteroatoms. The molecule has 0 atom stereocenters. The Hall–Kier alpha value is -1.56. The van der Waals surface area contributed by atoms with E-state index in [2.05, 4.69) is 21.9 Å². The van der Waals surface area contributed by atoms with Crippen molar-refractivity contribution in [3.63, 3.8) is 0 Å². The van der Waals surface area contributed by atoms with Crippen molar-refractivity contribution < 1.29 is 5.21 Å². The molecule has 0 bridgehead atoms. The van der Waals surface area contributed by atoms with Crippen LogP contribution in [0, 0.1) is 0 Å². The average Bonchev–Trinajstić information content (AvgIpc) is 2.93. The summed E-state index contributed by atoms with van der Waals surface area (Å²) in [5.74, 6) is 0.0556. The van der Waals surface area contributed by atoms with Crippen LogP contribution >= 0.6 is 22.9 Å². The van der Waals surface area contributed by atoms with E-state index in [1.165, 1.54) is 4.88 Å². The largest absolute Gasteiger partial charge is 0.409 e. The molecule has 2 aromatic rings. The van der Waals surface area contributed by atoms with Crippen molar-refractivity contribution in [2.75, 3.05) is 0 Å². The maximum Gasteiger partial charge on any atom is 0.170 e. The van der Waals surface area contributed by atoms with Gasteiger partial charge in [0.15, 0.2) is 5.84 Å². The van der Waals surface area contributed by atoms with E-state index in [0.717, 1.165) is 12.1 Å². The number of hydrogen-bond donors (Lipinski definition) is 3. The van der Waals surface area contributed by atoms with E-state index in [1.807, 2.05) is 12.1 Å². The van der Waals surface area contributed by atoms with Crippen LogP contribution in [0.5, 0.6) is 0 Å². The topological polar surface area (TPSA) is 70.6 Å². The van der Waals surface area contributed by atoms with Gasteiger partial charge in [0.25, 0.3) is 0 Å². The fourth-order valence-corrected chi connectivity index (χ4v) is 2.56. The third-order valence-corrected chi connectivity index (χ3v) is 3.88. The predicted molar refractivity (Wildman–Crippen MR) is 78.8 cm³/mol. The second-order valence-electron chi connectivity index (χ2n) is 3.97. The van der Waals surface area contributed by atoms with Crippen molar-refractivity contribution in [1.82, 2.24) is 5.32 Å². The maximum absolute atomic E-state index is 8.60. The number of halogens is 1. The van der Waals surface area contributed by atoms with Gasteiger partial charge in [-0.15, -0.1) is 11.3 Å². The predicted octanol–water partition coefficient (Wildman–Crippen LogP) is 2.79. The van der Waals surface area contributed by atoms with Crippen LogP contribution in [0.15, 0.2) is 40.9 Å². The molecule has 0 aliphatic heterocycles. The number of nitrogens with zero attached hydrogens (tertiary/aromatic N) is 1. The molecule has 0 radical (unpaired) electrons. The Morgan fingerprint density at radius 1 is 1.37 bits per heavy atom. The van der Waals surface area contributed by atoms with E-state index in [0.29, 0.717) is 17.1 Å². The average molecular weight is 296 g/mol. The van der Waals surface area contributed by atoms with Crippen LogP contribution in [0.25, 0.3) is 0 Å². The number of nitrogens with two attached hydrogens (primary N) is 1. The van der Waals surface area contributed by atoms with Crippen molar-refractivity contribution >= 4 is 28.8 Å². The van der Waals surface area contributed by atoms with Gasteiger partial charge in [0, 0.05) is 28.6 Å². The zero-order valence-electron chi connectivity index (χ0n) is 10.1. The highest BCUT2D eigenvalue weighted by atomic mass is 35.5. The molecule has 4 N–H and O–H groups in total. The fraction of sp³-hybridized carbons (Fsp3) is 0.154. The van der Waals surface area contributed by atoms with Gasteiger partial charge in [-0.2, -0.15) is 0 Å². The van der Waals surface area contributed by atoms with Crippen LogP contribution in [0.3, 0.4) is 0 Å². The van der Waals surface area contributed by atoms with Crippen LogP contribution in [0.4, 0.5) is 0 Å². The summed E-state index contributed by atoms with van der Waals surface area (Å²) in [7, 11) is 0. The molecule has 100 valence electrons. The Kier molecular flexibility index (Phi) is 4.79. The van der Waals surface area contributed by atoms with Gasteiger partial charge in [-0.3, -0.25) is 0 Å². The summed E-state index contributed by atoms with van der Waals surface area (Å²) < 4.78 is 0. The highest BCUT2D eigenvalue weighted by molar-refractivity contribution is 7.09. The molecule has 1 heterocycles. The second-order valence-corrected chi connectivity index (χ2v) is 5.41. The number of rotatable bonds is 5. The van der Waals surface area contributed by atoms with Gasteiger partial charge in [0.2, 0.25) is 0 Å². The van der Waals surface area contributed by atoms with E-state index < -0.39 is 0 Å². The third-order valence-electron chi connectivity index (χ3n) is 2.65. The quantitative estimate of drug-likeness (QED) is 0.344. The van der Waals surface area contributed by atoms with Crippen LogP contribution in [-0.2, 0) is 13.1 Å². The number of amidine groups is 1. The minimum atomic E-state index is 0.0556. The standard InChI is InChI=1S/C13H14ClN3OS/c14-12-6-9(13(15)17-18)3-4-10(12)7-16-8-11-2-1-5-19-11/h1-6,16,18H,7-8H2,(H2,15,17). The first-order valence-electron chi connectivity index (χ1n) is 5.70. The minimum Gasteiger partial charge on any atom is -0.409 e. The van der Waals surface area contributed by atoms with Crippen LogP contribution in [0.2, 0.25) is 5.02 Å². The molecular weight excluding hydrogens is 282 g/mol. The molecule has 0 unspecified atom stereocenters. The summed E-state index contributed by atoms with van der Waals surface area (Å²) in [6.45, 7) is 1.49. The SMILES string of the molecule is N/C(=N/O)c1ccc(CNCc2cccs2)c(Cl)c1. The Morgan fingerprint density at radius 3 is 2.84 bits per heavy atom. The zero-order chi connectivity index (χ0) is 13.7. The number of oxime groups is 1. The number of thiophene rings is 1. The van der Waals surface area contributed by atoms with Gasteiger partial charge in [-0.1, -0.05) is 35.0 Å². The van der Waals surface area contributed by atoms with E-state index >= 15 is 0 Å². The Labute approximate surface area is 120 Å². The summed E-state index contributed by atoms with van der Waals surface area (Å²) in [5.41, 5.74) is 7.09. The summed E-state index contributed by atoms with van der Waals surface area (Å²) in [6, 6.07) is 9.46. The summed E-state index contributed by atoms with van der Waals surface area (Å²) >= 11 is 7.88. The van der Waals surface area contributed by atoms with Crippen molar-refractivity contribution in [3.8, 4) is 0 Å². The molecule has 0 aliphatic rings. The number of hydrogen-bond acceptors (Lipinski definition) is 4. The normalized spacial score (nSPS) is 11.7. The smallest absolute Gasteiger partial charge is 0.170 e. The van der Waals surface area contributed by atoms with Crippen molar-refractivity contribution in [2.45, 2.75) is 13.1 Å². The molecular formula is C13H14ClN3OS. The maximum atomic E-state index is 8.60. The van der Waals surface area contributed by atoms with Crippen molar-refractivity contribution in [3.05, 3.63) is 56.7 Å². The molecule has 4 nitrogen and oxygen atoms in total. The van der Waals surface area contributed by atoms with E-state index in [1.54, 1.807) is 23.5 Å². The molecule has 1 aromatic heterocycles. The fourth-order valence-electron chi connectivity index (χ4n) is 1.64. The molecule has 0 saturated carbocycles. The van der Waals surface area contributed by atoms with Gasteiger partial charge in [-0.25, -0.2) is 0 Å². The van der Waals surface area contributed by atoms with Crippen LogP contribution < -0.4 is 11.1 Å². The molecule has 0 saturated heterocycles. The highest BCUT2D eigenvalue weighted by Gasteiger charge is 2.05. The lowest BCUT2D eigenvalue weighted by atomic mass is 10.1. The molecule has 1 aromatic carbocycles.